The molecular weight excluding hydrogens is 396 g/mol. The largest absolute Gasteiger partial charge is 0.495 e. The molecule has 3 rings (SSSR count). The van der Waals surface area contributed by atoms with Gasteiger partial charge in [0.1, 0.15) is 22.9 Å². The Labute approximate surface area is 174 Å². The number of carbonyl (C=O) groups is 2. The Balaban J connectivity index is 1.73. The molecule has 2 heterocycles. The third kappa shape index (κ3) is 4.93. The first-order valence-corrected chi connectivity index (χ1v) is 9.54. The van der Waals surface area contributed by atoms with Crippen molar-refractivity contribution in [1.29, 1.82) is 0 Å². The van der Waals surface area contributed by atoms with E-state index >= 15 is 0 Å². The predicted octanol–water partition coefficient (Wildman–Crippen LogP) is 1.88. The maximum Gasteiger partial charge on any atom is 0.254 e. The van der Waals surface area contributed by atoms with Gasteiger partial charge in [-0.25, -0.2) is 4.98 Å². The number of aromatic nitrogens is 2. The Morgan fingerprint density at radius 3 is 2.72 bits per heavy atom. The van der Waals surface area contributed by atoms with Crippen LogP contribution in [0.25, 0.3) is 0 Å². The van der Waals surface area contributed by atoms with Crippen LogP contribution in [0.1, 0.15) is 10.4 Å². The van der Waals surface area contributed by atoms with Crippen molar-refractivity contribution in [3.63, 3.8) is 0 Å². The van der Waals surface area contributed by atoms with E-state index in [1.54, 1.807) is 30.1 Å². The number of methoxy groups -OCH3 is 1. The Morgan fingerprint density at radius 1 is 1.31 bits per heavy atom. The zero-order valence-electron chi connectivity index (χ0n) is 16.3. The molecule has 0 saturated carbocycles. The van der Waals surface area contributed by atoms with E-state index < -0.39 is 0 Å². The first-order chi connectivity index (χ1) is 14.0. The van der Waals surface area contributed by atoms with Gasteiger partial charge in [0.05, 0.1) is 25.5 Å². The Bertz CT molecular complexity index is 886. The number of piperazine rings is 1. The zero-order valence-corrected chi connectivity index (χ0v) is 17.1. The van der Waals surface area contributed by atoms with Gasteiger partial charge in [-0.15, -0.1) is 0 Å². The number of amides is 1. The summed E-state index contributed by atoms with van der Waals surface area (Å²) in [5.41, 5.74) is 1.16. The highest BCUT2D eigenvalue weighted by atomic mass is 35.5. The van der Waals surface area contributed by atoms with Crippen LogP contribution < -0.4 is 15.4 Å². The van der Waals surface area contributed by atoms with Crippen LogP contribution >= 0.6 is 11.6 Å². The minimum atomic E-state index is -0.0687. The Morgan fingerprint density at radius 2 is 2.07 bits per heavy atom. The van der Waals surface area contributed by atoms with E-state index in [1.807, 2.05) is 4.90 Å². The standard InChI is InChI=1S/C19H23ClN6O3/c1-21-17-14(20)12-22-19(24-17)23-15-4-3-13(11-16(15)29-2)18(28)26-7-5-25(6-8-26)9-10-27/h3-4,10-12H,5-9H2,1-2H3,(H2,21,22,23,24). The number of rotatable bonds is 7. The zero-order chi connectivity index (χ0) is 20.8. The molecule has 10 heteroatoms. The molecule has 1 aliphatic rings. The molecule has 1 fully saturated rings. The first kappa shape index (κ1) is 20.8. The van der Waals surface area contributed by atoms with E-state index in [0.29, 0.717) is 66.5 Å². The number of nitrogens with zero attached hydrogens (tertiary/aromatic N) is 4. The van der Waals surface area contributed by atoms with Crippen LogP contribution in [0.15, 0.2) is 24.4 Å². The minimum Gasteiger partial charge on any atom is -0.495 e. The van der Waals surface area contributed by atoms with Gasteiger partial charge in [-0.2, -0.15) is 4.98 Å². The SMILES string of the molecule is CNc1nc(Nc2ccc(C(=O)N3CCN(CC=O)CC3)cc2OC)ncc1Cl. The molecule has 154 valence electrons. The summed E-state index contributed by atoms with van der Waals surface area (Å²) < 4.78 is 5.45. The molecule has 0 spiro atoms. The molecule has 1 aromatic carbocycles. The highest BCUT2D eigenvalue weighted by Gasteiger charge is 2.22. The lowest BCUT2D eigenvalue weighted by molar-refractivity contribution is -0.109. The molecule has 0 bridgehead atoms. The molecule has 9 nitrogen and oxygen atoms in total. The normalized spacial score (nSPS) is 14.4. The summed E-state index contributed by atoms with van der Waals surface area (Å²) >= 11 is 6.01. The topological polar surface area (TPSA) is 99.7 Å². The van der Waals surface area contributed by atoms with Crippen LogP contribution in [-0.2, 0) is 4.79 Å². The number of benzene rings is 1. The van der Waals surface area contributed by atoms with Gasteiger partial charge in [-0.3, -0.25) is 9.69 Å². The monoisotopic (exact) mass is 418 g/mol. The van der Waals surface area contributed by atoms with E-state index in [2.05, 4.69) is 20.6 Å². The fraction of sp³-hybridized carbons (Fsp3) is 0.368. The Kier molecular flexibility index (Phi) is 6.84. The number of ether oxygens (including phenoxy) is 1. The van der Waals surface area contributed by atoms with Crippen LogP contribution in [0.3, 0.4) is 0 Å². The second kappa shape index (κ2) is 9.53. The number of anilines is 3. The predicted molar refractivity (Wildman–Crippen MR) is 111 cm³/mol. The molecule has 1 aliphatic heterocycles. The molecule has 29 heavy (non-hydrogen) atoms. The summed E-state index contributed by atoms with van der Waals surface area (Å²) in [7, 11) is 3.26. The summed E-state index contributed by atoms with van der Waals surface area (Å²) in [4.78, 5) is 35.7. The van der Waals surface area contributed by atoms with Gasteiger partial charge < -0.3 is 25.1 Å². The summed E-state index contributed by atoms with van der Waals surface area (Å²) in [6, 6.07) is 5.18. The number of halogens is 1. The minimum absolute atomic E-state index is 0.0687. The number of hydrogen-bond donors (Lipinski definition) is 2. The summed E-state index contributed by atoms with van der Waals surface area (Å²) in [5, 5.41) is 6.39. The van der Waals surface area contributed by atoms with Crippen LogP contribution in [-0.4, -0.2) is 78.8 Å². The van der Waals surface area contributed by atoms with Crippen LogP contribution in [0.5, 0.6) is 5.75 Å². The van der Waals surface area contributed by atoms with Crippen molar-refractivity contribution in [1.82, 2.24) is 19.8 Å². The molecule has 0 aliphatic carbocycles. The number of nitrogens with one attached hydrogen (secondary N) is 2. The van der Waals surface area contributed by atoms with Crippen molar-refractivity contribution >= 4 is 41.2 Å². The average Bonchev–Trinajstić information content (AvgIpc) is 2.75. The average molecular weight is 419 g/mol. The Hall–Kier alpha value is -2.91. The van der Waals surface area contributed by atoms with Gasteiger partial charge in [0.25, 0.3) is 5.91 Å². The van der Waals surface area contributed by atoms with Gasteiger partial charge in [-0.1, -0.05) is 11.6 Å². The molecular formula is C19H23ClN6O3. The molecule has 2 N–H and O–H groups in total. The van der Waals surface area contributed by atoms with E-state index in [9.17, 15) is 9.59 Å². The van der Waals surface area contributed by atoms with Crippen LogP contribution in [0, 0.1) is 0 Å². The third-order valence-corrected chi connectivity index (χ3v) is 4.94. The number of aldehydes is 1. The maximum absolute atomic E-state index is 12.8. The van der Waals surface area contributed by atoms with E-state index in [-0.39, 0.29) is 5.91 Å². The molecule has 1 saturated heterocycles. The lowest BCUT2D eigenvalue weighted by Crippen LogP contribution is -2.49. The highest BCUT2D eigenvalue weighted by molar-refractivity contribution is 6.32. The van der Waals surface area contributed by atoms with Crippen molar-refractivity contribution in [3.05, 3.63) is 35.0 Å². The smallest absolute Gasteiger partial charge is 0.254 e. The quantitative estimate of drug-likeness (QED) is 0.657. The molecule has 0 radical (unpaired) electrons. The van der Waals surface area contributed by atoms with Crippen LogP contribution in [0.2, 0.25) is 5.02 Å². The lowest BCUT2D eigenvalue weighted by atomic mass is 10.1. The fourth-order valence-electron chi connectivity index (χ4n) is 3.07. The van der Waals surface area contributed by atoms with Crippen molar-refractivity contribution in [2.75, 3.05) is 57.5 Å². The molecule has 1 aromatic heterocycles. The van der Waals surface area contributed by atoms with Crippen LogP contribution in [0.4, 0.5) is 17.5 Å². The van der Waals surface area contributed by atoms with E-state index in [0.717, 1.165) is 6.29 Å². The summed E-state index contributed by atoms with van der Waals surface area (Å²) in [6.45, 7) is 2.94. The van der Waals surface area contributed by atoms with E-state index in [1.165, 1.54) is 13.3 Å². The highest BCUT2D eigenvalue weighted by Crippen LogP contribution is 2.29. The number of carbonyl (C=O) groups excluding carboxylic acids is 2. The molecule has 2 aromatic rings. The van der Waals surface area contributed by atoms with E-state index in [4.69, 9.17) is 16.3 Å². The maximum atomic E-state index is 12.8. The van der Waals surface area contributed by atoms with Gasteiger partial charge >= 0.3 is 0 Å². The summed E-state index contributed by atoms with van der Waals surface area (Å²) in [6.07, 6.45) is 2.38. The number of hydrogen-bond acceptors (Lipinski definition) is 8. The van der Waals surface area contributed by atoms with Crippen molar-refractivity contribution in [2.24, 2.45) is 0 Å². The second-order valence-electron chi connectivity index (χ2n) is 6.44. The third-order valence-electron chi connectivity index (χ3n) is 4.67. The second-order valence-corrected chi connectivity index (χ2v) is 6.85. The van der Waals surface area contributed by atoms with Gasteiger partial charge in [-0.05, 0) is 18.2 Å². The molecule has 1 amide bonds. The lowest BCUT2D eigenvalue weighted by Gasteiger charge is -2.33. The van der Waals surface area contributed by atoms with Gasteiger partial charge in [0.2, 0.25) is 5.95 Å². The van der Waals surface area contributed by atoms with Gasteiger partial charge in [0, 0.05) is 38.8 Å². The summed E-state index contributed by atoms with van der Waals surface area (Å²) in [5.74, 6) is 1.28. The molecule has 0 unspecified atom stereocenters. The molecule has 0 atom stereocenters. The van der Waals surface area contributed by atoms with Crippen molar-refractivity contribution in [2.45, 2.75) is 0 Å². The van der Waals surface area contributed by atoms with Crippen molar-refractivity contribution in [3.8, 4) is 5.75 Å². The van der Waals surface area contributed by atoms with Gasteiger partial charge in [0.15, 0.2) is 0 Å². The fourth-order valence-corrected chi connectivity index (χ4v) is 3.26. The van der Waals surface area contributed by atoms with Crippen molar-refractivity contribution < 1.29 is 14.3 Å². The first-order valence-electron chi connectivity index (χ1n) is 9.16.